The van der Waals surface area contributed by atoms with Gasteiger partial charge >= 0.3 is 0 Å². The van der Waals surface area contributed by atoms with Crippen LogP contribution in [-0.2, 0) is 14.6 Å². The Bertz CT molecular complexity index is 658. The Morgan fingerprint density at radius 2 is 1.68 bits per heavy atom. The second-order valence-corrected chi connectivity index (χ2v) is 11.4. The fraction of sp³-hybridized carbons (Fsp3) is 0.850. The molecule has 5 fully saturated rings. The van der Waals surface area contributed by atoms with Crippen LogP contribution in [-0.4, -0.2) is 43.3 Å². The van der Waals surface area contributed by atoms with Gasteiger partial charge in [-0.25, -0.2) is 8.42 Å². The highest BCUT2D eigenvalue weighted by atomic mass is 32.2. The smallest absolute Gasteiger partial charge is 0.246 e. The molecule has 1 aliphatic heterocycles. The second-order valence-electron chi connectivity index (χ2n) is 9.21. The van der Waals surface area contributed by atoms with Gasteiger partial charge in [-0.05, 0) is 82.0 Å². The minimum absolute atomic E-state index is 0.0258. The van der Waals surface area contributed by atoms with Crippen LogP contribution in [0.15, 0.2) is 11.6 Å². The van der Waals surface area contributed by atoms with Crippen molar-refractivity contribution in [3.8, 4) is 0 Å². The van der Waals surface area contributed by atoms with Crippen LogP contribution in [0.4, 0.5) is 0 Å². The van der Waals surface area contributed by atoms with Gasteiger partial charge in [-0.2, -0.15) is 0 Å². The van der Waals surface area contributed by atoms with E-state index in [9.17, 15) is 13.2 Å². The molecule has 1 heterocycles. The summed E-state index contributed by atoms with van der Waals surface area (Å²) in [4.78, 5) is 14.7. The van der Waals surface area contributed by atoms with Crippen LogP contribution < -0.4 is 0 Å². The summed E-state index contributed by atoms with van der Waals surface area (Å²) in [6, 6.07) is -0.136. The van der Waals surface area contributed by atoms with Crippen molar-refractivity contribution < 1.29 is 13.2 Å². The number of rotatable bonds is 4. The summed E-state index contributed by atoms with van der Waals surface area (Å²) in [6.07, 6.45) is 10.5. The van der Waals surface area contributed by atoms with E-state index in [0.717, 1.165) is 17.8 Å². The number of nitrogens with zero attached hydrogens (tertiary/aromatic N) is 1. The summed E-state index contributed by atoms with van der Waals surface area (Å²) in [6.45, 7) is 4.70. The van der Waals surface area contributed by atoms with Crippen LogP contribution in [0.5, 0.6) is 0 Å². The molecule has 0 aromatic carbocycles. The summed E-state index contributed by atoms with van der Waals surface area (Å²) < 4.78 is 23.6. The maximum atomic E-state index is 12.9. The summed E-state index contributed by atoms with van der Waals surface area (Å²) in [7, 11) is -2.96. The van der Waals surface area contributed by atoms with Crippen molar-refractivity contribution in [1.29, 1.82) is 0 Å². The van der Waals surface area contributed by atoms with Gasteiger partial charge in [-0.3, -0.25) is 4.79 Å². The van der Waals surface area contributed by atoms with Gasteiger partial charge < -0.3 is 4.90 Å². The minimum atomic E-state index is -2.96. The minimum Gasteiger partial charge on any atom is -0.335 e. The van der Waals surface area contributed by atoms with Crippen LogP contribution >= 0.6 is 0 Å². The molecular formula is C20H31NO3S. The molecule has 1 unspecified atom stereocenters. The Hall–Kier alpha value is -0.840. The zero-order chi connectivity index (χ0) is 17.8. The van der Waals surface area contributed by atoms with Gasteiger partial charge in [-0.15, -0.1) is 0 Å². The standard InChI is InChI=1S/C20H31NO3S/c1-3-21(18-4-5-25(23,24)13-18)19(22)6-14(2)20-10-15-7-16(11-20)9-17(8-15)12-20/h6,15-18H,3-5,7-13H2,1-2H3/b14-6-. The van der Waals surface area contributed by atoms with E-state index >= 15 is 0 Å². The zero-order valence-electron chi connectivity index (χ0n) is 15.5. The van der Waals surface area contributed by atoms with E-state index in [1.165, 1.54) is 44.1 Å². The summed E-state index contributed by atoms with van der Waals surface area (Å²) in [5.41, 5.74) is 1.52. The summed E-state index contributed by atoms with van der Waals surface area (Å²) in [5, 5.41) is 0. The van der Waals surface area contributed by atoms with Crippen molar-refractivity contribution >= 4 is 15.7 Å². The molecule has 1 amide bonds. The lowest BCUT2D eigenvalue weighted by Gasteiger charge is -2.57. The topological polar surface area (TPSA) is 54.5 Å². The lowest BCUT2D eigenvalue weighted by atomic mass is 9.48. The number of sulfone groups is 1. The molecule has 0 aromatic heterocycles. The quantitative estimate of drug-likeness (QED) is 0.719. The molecule has 1 atom stereocenters. The Balaban J connectivity index is 1.52. The third kappa shape index (κ3) is 3.17. The number of hydrogen-bond donors (Lipinski definition) is 0. The molecule has 0 radical (unpaired) electrons. The molecule has 5 rings (SSSR count). The van der Waals surface area contributed by atoms with Crippen LogP contribution in [0.2, 0.25) is 0 Å². The van der Waals surface area contributed by atoms with E-state index < -0.39 is 9.84 Å². The fourth-order valence-electron chi connectivity index (χ4n) is 6.63. The molecule has 0 aromatic rings. The predicted molar refractivity (Wildman–Crippen MR) is 98.8 cm³/mol. The normalized spacial score (nSPS) is 41.9. The summed E-state index contributed by atoms with van der Waals surface area (Å²) in [5.74, 6) is 2.99. The van der Waals surface area contributed by atoms with Gasteiger partial charge in [0.05, 0.1) is 11.5 Å². The van der Waals surface area contributed by atoms with E-state index in [4.69, 9.17) is 0 Å². The SMILES string of the molecule is CCN(C(=O)/C=C(/C)C12CC3CC(CC(C3)C1)C2)C1CCS(=O)(=O)C1. The molecule has 5 aliphatic rings. The Labute approximate surface area is 152 Å². The highest BCUT2D eigenvalue weighted by molar-refractivity contribution is 7.91. The van der Waals surface area contributed by atoms with E-state index in [1.807, 2.05) is 13.0 Å². The monoisotopic (exact) mass is 365 g/mol. The zero-order valence-corrected chi connectivity index (χ0v) is 16.4. The molecule has 25 heavy (non-hydrogen) atoms. The van der Waals surface area contributed by atoms with Crippen molar-refractivity contribution in [3.63, 3.8) is 0 Å². The van der Waals surface area contributed by atoms with Crippen LogP contribution in [0.25, 0.3) is 0 Å². The van der Waals surface area contributed by atoms with Crippen LogP contribution in [0.3, 0.4) is 0 Å². The number of amides is 1. The average Bonchev–Trinajstić information content (AvgIpc) is 2.86. The first kappa shape index (κ1) is 17.6. The van der Waals surface area contributed by atoms with Crippen LogP contribution in [0, 0.1) is 23.2 Å². The molecule has 140 valence electrons. The number of hydrogen-bond acceptors (Lipinski definition) is 3. The number of likely N-dealkylation sites (N-methyl/N-ethyl adjacent to an activating group) is 1. The van der Waals surface area contributed by atoms with E-state index in [0.29, 0.717) is 13.0 Å². The van der Waals surface area contributed by atoms with E-state index in [2.05, 4.69) is 6.92 Å². The third-order valence-electron chi connectivity index (χ3n) is 7.49. The number of carbonyl (C=O) groups is 1. The first-order valence-corrected chi connectivity index (χ1v) is 11.8. The third-order valence-corrected chi connectivity index (χ3v) is 9.24. The van der Waals surface area contributed by atoms with Gasteiger partial charge in [0, 0.05) is 18.7 Å². The van der Waals surface area contributed by atoms with Crippen molar-refractivity contribution in [1.82, 2.24) is 4.90 Å². The van der Waals surface area contributed by atoms with Gasteiger partial charge in [0.25, 0.3) is 0 Å². The molecule has 4 saturated carbocycles. The second kappa shape index (κ2) is 6.11. The molecule has 4 nitrogen and oxygen atoms in total. The molecule has 0 N–H and O–H groups in total. The number of allylic oxidation sites excluding steroid dienone is 1. The Morgan fingerprint density at radius 3 is 2.12 bits per heavy atom. The maximum absolute atomic E-state index is 12.9. The molecule has 0 spiro atoms. The van der Waals surface area contributed by atoms with Crippen molar-refractivity contribution in [3.05, 3.63) is 11.6 Å². The van der Waals surface area contributed by atoms with E-state index in [1.54, 1.807) is 4.90 Å². The Kier molecular flexibility index (Phi) is 4.29. The molecule has 4 aliphatic carbocycles. The molecule has 1 saturated heterocycles. The van der Waals surface area contributed by atoms with Crippen molar-refractivity contribution in [2.75, 3.05) is 18.1 Å². The fourth-order valence-corrected chi connectivity index (χ4v) is 8.36. The van der Waals surface area contributed by atoms with E-state index in [-0.39, 0.29) is 28.9 Å². The maximum Gasteiger partial charge on any atom is 0.246 e. The number of carbonyl (C=O) groups excluding carboxylic acids is 1. The van der Waals surface area contributed by atoms with Gasteiger partial charge in [0.2, 0.25) is 5.91 Å². The predicted octanol–water partition coefficient (Wildman–Crippen LogP) is 3.18. The van der Waals surface area contributed by atoms with Crippen LogP contribution in [0.1, 0.15) is 58.8 Å². The molecule has 5 heteroatoms. The Morgan fingerprint density at radius 1 is 1.12 bits per heavy atom. The first-order chi connectivity index (χ1) is 11.8. The largest absolute Gasteiger partial charge is 0.335 e. The average molecular weight is 366 g/mol. The lowest BCUT2D eigenvalue weighted by Crippen LogP contribution is -2.47. The molecular weight excluding hydrogens is 334 g/mol. The highest BCUT2D eigenvalue weighted by Crippen LogP contribution is 2.62. The summed E-state index contributed by atoms with van der Waals surface area (Å²) >= 11 is 0. The van der Waals surface area contributed by atoms with Gasteiger partial charge in [0.15, 0.2) is 9.84 Å². The highest BCUT2D eigenvalue weighted by Gasteiger charge is 2.51. The lowest BCUT2D eigenvalue weighted by molar-refractivity contribution is -0.127. The van der Waals surface area contributed by atoms with Gasteiger partial charge in [0.1, 0.15) is 0 Å². The molecule has 4 bridgehead atoms. The van der Waals surface area contributed by atoms with Crippen molar-refractivity contribution in [2.45, 2.75) is 64.8 Å². The first-order valence-electron chi connectivity index (χ1n) is 10.00. The van der Waals surface area contributed by atoms with Gasteiger partial charge in [-0.1, -0.05) is 5.57 Å². The van der Waals surface area contributed by atoms with Crippen molar-refractivity contribution in [2.24, 2.45) is 23.2 Å².